The minimum absolute atomic E-state index is 0.396. The number of nitrogens with zero attached hydrogens (tertiary/aromatic N) is 1. The van der Waals surface area contributed by atoms with E-state index in [4.69, 9.17) is 34.8 Å². The third kappa shape index (κ3) is 2.05. The summed E-state index contributed by atoms with van der Waals surface area (Å²) in [6.07, 6.45) is 0. The van der Waals surface area contributed by atoms with Crippen molar-refractivity contribution in [1.29, 1.82) is 0 Å². The van der Waals surface area contributed by atoms with Gasteiger partial charge in [-0.2, -0.15) is 0 Å². The van der Waals surface area contributed by atoms with Gasteiger partial charge in [0.25, 0.3) is 0 Å². The quantitative estimate of drug-likeness (QED) is 0.684. The number of rotatable bonds is 0. The van der Waals surface area contributed by atoms with Crippen molar-refractivity contribution in [1.82, 2.24) is 0 Å². The first-order valence-corrected chi connectivity index (χ1v) is 7.71. The van der Waals surface area contributed by atoms with E-state index in [1.54, 1.807) is 24.3 Å². The third-order valence-corrected chi connectivity index (χ3v) is 5.46. The SMILES string of the molecule is CN1c2ccc(Cl)cc2S(=O)c2cc(Cl)c(Cl)cc21. The van der Waals surface area contributed by atoms with E-state index in [1.165, 1.54) is 0 Å². The molecule has 2 nitrogen and oxygen atoms in total. The molecule has 98 valence electrons. The maximum atomic E-state index is 12.6. The van der Waals surface area contributed by atoms with Gasteiger partial charge < -0.3 is 4.90 Å². The van der Waals surface area contributed by atoms with Crippen molar-refractivity contribution in [3.63, 3.8) is 0 Å². The van der Waals surface area contributed by atoms with Gasteiger partial charge in [-0.1, -0.05) is 34.8 Å². The molecule has 1 atom stereocenters. The minimum Gasteiger partial charge on any atom is -0.343 e. The van der Waals surface area contributed by atoms with Crippen molar-refractivity contribution in [2.45, 2.75) is 9.79 Å². The first kappa shape index (κ1) is 13.3. The number of benzene rings is 2. The Bertz CT molecular complexity index is 717. The molecular formula is C13H8Cl3NOS. The summed E-state index contributed by atoms with van der Waals surface area (Å²) in [6, 6.07) is 8.72. The third-order valence-electron chi connectivity index (χ3n) is 3.05. The largest absolute Gasteiger partial charge is 0.343 e. The maximum Gasteiger partial charge on any atom is 0.0893 e. The molecular weight excluding hydrogens is 325 g/mol. The first-order chi connectivity index (χ1) is 8.99. The van der Waals surface area contributed by atoms with Crippen LogP contribution in [0.4, 0.5) is 11.4 Å². The molecule has 2 aromatic rings. The van der Waals surface area contributed by atoms with Crippen molar-refractivity contribution >= 4 is 57.0 Å². The molecule has 0 saturated heterocycles. The summed E-state index contributed by atoms with van der Waals surface area (Å²) >= 11 is 18.0. The van der Waals surface area contributed by atoms with Crippen LogP contribution in [0.2, 0.25) is 15.1 Å². The molecule has 0 aromatic heterocycles. The van der Waals surface area contributed by atoms with Crippen LogP contribution in [0.25, 0.3) is 0 Å². The zero-order chi connectivity index (χ0) is 13.7. The lowest BCUT2D eigenvalue weighted by molar-refractivity contribution is 0.682. The van der Waals surface area contributed by atoms with Gasteiger partial charge in [-0.25, -0.2) is 4.21 Å². The summed E-state index contributed by atoms with van der Waals surface area (Å²) in [7, 11) is 0.586. The van der Waals surface area contributed by atoms with Crippen molar-refractivity contribution in [3.05, 3.63) is 45.4 Å². The van der Waals surface area contributed by atoms with Gasteiger partial charge in [-0.15, -0.1) is 0 Å². The highest BCUT2D eigenvalue weighted by Crippen LogP contribution is 2.44. The summed E-state index contributed by atoms with van der Waals surface area (Å²) in [4.78, 5) is 3.26. The van der Waals surface area contributed by atoms with Gasteiger partial charge in [0.15, 0.2) is 0 Å². The number of halogens is 3. The summed E-state index contributed by atoms with van der Waals surface area (Å²) in [6.45, 7) is 0. The maximum absolute atomic E-state index is 12.6. The second-order valence-electron chi connectivity index (χ2n) is 4.17. The fourth-order valence-electron chi connectivity index (χ4n) is 2.09. The molecule has 0 saturated carbocycles. The fraction of sp³-hybridized carbons (Fsp3) is 0.0769. The molecule has 1 aliphatic rings. The van der Waals surface area contributed by atoms with Crippen LogP contribution in [0, 0.1) is 0 Å². The van der Waals surface area contributed by atoms with Gasteiger partial charge in [-0.3, -0.25) is 0 Å². The van der Waals surface area contributed by atoms with E-state index in [9.17, 15) is 4.21 Å². The highest BCUT2D eigenvalue weighted by Gasteiger charge is 2.27. The fourth-order valence-corrected chi connectivity index (χ4v) is 4.19. The second-order valence-corrected chi connectivity index (χ2v) is 6.84. The Morgan fingerprint density at radius 1 is 0.947 bits per heavy atom. The Morgan fingerprint density at radius 2 is 1.58 bits per heavy atom. The molecule has 0 spiro atoms. The molecule has 0 amide bonds. The molecule has 2 aromatic carbocycles. The molecule has 6 heteroatoms. The van der Waals surface area contributed by atoms with Gasteiger partial charge >= 0.3 is 0 Å². The van der Waals surface area contributed by atoms with Gasteiger partial charge in [0.2, 0.25) is 0 Å². The Balaban J connectivity index is 2.29. The van der Waals surface area contributed by atoms with E-state index in [2.05, 4.69) is 0 Å². The van der Waals surface area contributed by atoms with Gasteiger partial charge in [0.1, 0.15) is 0 Å². The monoisotopic (exact) mass is 331 g/mol. The van der Waals surface area contributed by atoms with E-state index < -0.39 is 10.8 Å². The van der Waals surface area contributed by atoms with Crippen LogP contribution in [0.5, 0.6) is 0 Å². The number of fused-ring (bicyclic) bond motifs is 2. The number of hydrogen-bond donors (Lipinski definition) is 0. The number of anilines is 2. The average molecular weight is 333 g/mol. The Kier molecular flexibility index (Phi) is 3.26. The summed E-state index contributed by atoms with van der Waals surface area (Å²) in [5.41, 5.74) is 1.65. The standard InChI is InChI=1S/C13H8Cl3NOS/c1-17-10-3-2-7(14)4-12(10)19(18)13-6-9(16)8(15)5-11(13)17/h2-6H,1H3. The molecule has 0 N–H and O–H groups in total. The predicted molar refractivity (Wildman–Crippen MR) is 80.7 cm³/mol. The van der Waals surface area contributed by atoms with Crippen LogP contribution >= 0.6 is 34.8 Å². The van der Waals surface area contributed by atoms with Crippen molar-refractivity contribution < 1.29 is 4.21 Å². The van der Waals surface area contributed by atoms with E-state index >= 15 is 0 Å². The lowest BCUT2D eigenvalue weighted by Crippen LogP contribution is -2.19. The minimum atomic E-state index is -1.31. The summed E-state index contributed by atoms with van der Waals surface area (Å²) in [5.74, 6) is 0. The Labute approximate surface area is 128 Å². The van der Waals surface area contributed by atoms with Crippen LogP contribution in [0.15, 0.2) is 40.1 Å². The summed E-state index contributed by atoms with van der Waals surface area (Å²) < 4.78 is 12.6. The van der Waals surface area contributed by atoms with Gasteiger partial charge in [0.05, 0.1) is 42.0 Å². The molecule has 1 heterocycles. The number of hydrogen-bond acceptors (Lipinski definition) is 2. The topological polar surface area (TPSA) is 20.3 Å². The highest BCUT2D eigenvalue weighted by molar-refractivity contribution is 7.85. The zero-order valence-corrected chi connectivity index (χ0v) is 12.9. The zero-order valence-electron chi connectivity index (χ0n) is 9.78. The van der Waals surface area contributed by atoms with E-state index in [1.807, 2.05) is 18.0 Å². The highest BCUT2D eigenvalue weighted by atomic mass is 35.5. The molecule has 0 radical (unpaired) electrons. The molecule has 0 bridgehead atoms. The molecule has 19 heavy (non-hydrogen) atoms. The van der Waals surface area contributed by atoms with Crippen LogP contribution in [-0.4, -0.2) is 11.3 Å². The van der Waals surface area contributed by atoms with Crippen LogP contribution in [-0.2, 0) is 10.8 Å². The van der Waals surface area contributed by atoms with Crippen LogP contribution < -0.4 is 4.90 Å². The second kappa shape index (κ2) is 4.67. The van der Waals surface area contributed by atoms with Crippen LogP contribution in [0.1, 0.15) is 0 Å². The molecule has 3 rings (SSSR count). The van der Waals surface area contributed by atoms with Crippen molar-refractivity contribution in [3.8, 4) is 0 Å². The molecule has 1 unspecified atom stereocenters. The van der Waals surface area contributed by atoms with E-state index in [-0.39, 0.29) is 0 Å². The van der Waals surface area contributed by atoms with Crippen molar-refractivity contribution in [2.75, 3.05) is 11.9 Å². The summed E-state index contributed by atoms with van der Waals surface area (Å²) in [5, 5.41) is 1.40. The normalized spacial score (nSPS) is 17.1. The Morgan fingerprint density at radius 3 is 2.32 bits per heavy atom. The average Bonchev–Trinajstić information content (AvgIpc) is 2.38. The van der Waals surface area contributed by atoms with E-state index in [0.29, 0.717) is 24.9 Å². The molecule has 1 aliphatic heterocycles. The smallest absolute Gasteiger partial charge is 0.0893 e. The lowest BCUT2D eigenvalue weighted by atomic mass is 10.2. The molecule has 0 fully saturated rings. The molecule has 0 aliphatic carbocycles. The van der Waals surface area contributed by atoms with Gasteiger partial charge in [-0.05, 0) is 30.3 Å². The van der Waals surface area contributed by atoms with Crippen molar-refractivity contribution in [2.24, 2.45) is 0 Å². The van der Waals surface area contributed by atoms with Gasteiger partial charge in [0, 0.05) is 12.1 Å². The lowest BCUT2D eigenvalue weighted by Gasteiger charge is -2.29. The van der Waals surface area contributed by atoms with E-state index in [0.717, 1.165) is 11.4 Å². The first-order valence-electron chi connectivity index (χ1n) is 5.43. The predicted octanol–water partition coefficient (Wildman–Crippen LogP) is 4.89. The Hall–Kier alpha value is -0.740. The van der Waals surface area contributed by atoms with Crippen LogP contribution in [0.3, 0.4) is 0 Å².